The second-order valence-electron chi connectivity index (χ2n) is 3.50. The molecule has 0 saturated carbocycles. The number of rotatable bonds is 4. The van der Waals surface area contributed by atoms with Gasteiger partial charge in [-0.05, 0) is 24.0 Å². The van der Waals surface area contributed by atoms with Gasteiger partial charge in [0, 0.05) is 11.8 Å². The zero-order valence-corrected chi connectivity index (χ0v) is 11.1. The van der Waals surface area contributed by atoms with Crippen LogP contribution in [0, 0.1) is 17.0 Å². The lowest BCUT2D eigenvalue weighted by Gasteiger charge is -2.04. The lowest BCUT2D eigenvalue weighted by molar-refractivity contribution is -0.383. The summed E-state index contributed by atoms with van der Waals surface area (Å²) < 4.78 is 4.90. The Bertz CT molecular complexity index is 585. The molecule has 6 nitrogen and oxygen atoms in total. The molecule has 0 amide bonds. The van der Waals surface area contributed by atoms with Gasteiger partial charge in [-0.1, -0.05) is 23.9 Å². The van der Waals surface area contributed by atoms with Crippen LogP contribution in [0.2, 0.25) is 0 Å². The van der Waals surface area contributed by atoms with E-state index in [1.165, 1.54) is 29.4 Å². The first-order valence-corrected chi connectivity index (χ1v) is 6.78. The number of hydrogen-bond donors (Lipinski definition) is 1. The third-order valence-electron chi connectivity index (χ3n) is 2.23. The maximum Gasteiger partial charge on any atom is 0.292 e. The van der Waals surface area contributed by atoms with Crippen molar-refractivity contribution < 1.29 is 4.92 Å². The SMILES string of the molecule is Cc1nsc(SCc2cccc([N+](=O)[O-])c2N)n1. The van der Waals surface area contributed by atoms with E-state index in [0.29, 0.717) is 5.75 Å². The zero-order valence-electron chi connectivity index (χ0n) is 9.49. The Morgan fingerprint density at radius 1 is 1.56 bits per heavy atom. The van der Waals surface area contributed by atoms with Gasteiger partial charge in [0.1, 0.15) is 11.5 Å². The molecular formula is C10H10N4O2S2. The van der Waals surface area contributed by atoms with Gasteiger partial charge in [0.15, 0.2) is 4.34 Å². The number of thioether (sulfide) groups is 1. The Kier molecular flexibility index (Phi) is 3.78. The van der Waals surface area contributed by atoms with Gasteiger partial charge in [0.2, 0.25) is 0 Å². The monoisotopic (exact) mass is 282 g/mol. The van der Waals surface area contributed by atoms with Crippen LogP contribution in [-0.2, 0) is 5.75 Å². The summed E-state index contributed by atoms with van der Waals surface area (Å²) in [5.41, 5.74) is 6.67. The average molecular weight is 282 g/mol. The first-order chi connectivity index (χ1) is 8.58. The molecular weight excluding hydrogens is 272 g/mol. The highest BCUT2D eigenvalue weighted by atomic mass is 32.2. The Morgan fingerprint density at radius 3 is 2.94 bits per heavy atom. The van der Waals surface area contributed by atoms with E-state index in [-0.39, 0.29) is 11.4 Å². The first-order valence-electron chi connectivity index (χ1n) is 5.03. The van der Waals surface area contributed by atoms with E-state index < -0.39 is 4.92 Å². The molecule has 1 aromatic heterocycles. The average Bonchev–Trinajstić information content (AvgIpc) is 2.73. The number of nitro groups is 1. The molecule has 0 aliphatic heterocycles. The number of nitro benzene ring substituents is 1. The lowest BCUT2D eigenvalue weighted by Crippen LogP contribution is -1.99. The largest absolute Gasteiger partial charge is 0.393 e. The lowest BCUT2D eigenvalue weighted by atomic mass is 10.2. The van der Waals surface area contributed by atoms with Crippen LogP contribution < -0.4 is 5.73 Å². The molecule has 0 aliphatic rings. The summed E-state index contributed by atoms with van der Waals surface area (Å²) in [5.74, 6) is 1.27. The van der Waals surface area contributed by atoms with Crippen molar-refractivity contribution in [3.63, 3.8) is 0 Å². The van der Waals surface area contributed by atoms with Crippen LogP contribution in [0.4, 0.5) is 11.4 Å². The van der Waals surface area contributed by atoms with Crippen molar-refractivity contribution in [2.75, 3.05) is 5.73 Å². The number of nitrogens with zero attached hydrogens (tertiary/aromatic N) is 3. The quantitative estimate of drug-likeness (QED) is 0.401. The van der Waals surface area contributed by atoms with Crippen LogP contribution in [0.25, 0.3) is 0 Å². The number of nitrogens with two attached hydrogens (primary N) is 1. The molecule has 1 heterocycles. The molecule has 1 aromatic carbocycles. The van der Waals surface area contributed by atoms with E-state index in [0.717, 1.165) is 15.7 Å². The molecule has 0 radical (unpaired) electrons. The molecule has 0 saturated heterocycles. The molecule has 0 atom stereocenters. The molecule has 0 fully saturated rings. The van der Waals surface area contributed by atoms with E-state index in [9.17, 15) is 10.1 Å². The Balaban J connectivity index is 2.14. The van der Waals surface area contributed by atoms with Crippen molar-refractivity contribution >= 4 is 34.7 Å². The molecule has 0 unspecified atom stereocenters. The number of para-hydroxylation sites is 1. The van der Waals surface area contributed by atoms with Crippen molar-refractivity contribution in [1.82, 2.24) is 9.36 Å². The van der Waals surface area contributed by atoms with Crippen LogP contribution in [0.1, 0.15) is 11.4 Å². The molecule has 0 bridgehead atoms. The van der Waals surface area contributed by atoms with Gasteiger partial charge in [0.05, 0.1) is 4.92 Å². The van der Waals surface area contributed by atoms with Crippen molar-refractivity contribution in [3.05, 3.63) is 39.7 Å². The van der Waals surface area contributed by atoms with E-state index >= 15 is 0 Å². The topological polar surface area (TPSA) is 94.9 Å². The molecule has 0 aliphatic carbocycles. The van der Waals surface area contributed by atoms with Gasteiger partial charge < -0.3 is 5.73 Å². The van der Waals surface area contributed by atoms with Gasteiger partial charge in [-0.25, -0.2) is 4.98 Å². The van der Waals surface area contributed by atoms with Gasteiger partial charge in [-0.15, -0.1) is 0 Å². The number of nitrogen functional groups attached to an aromatic ring is 1. The molecule has 18 heavy (non-hydrogen) atoms. The van der Waals surface area contributed by atoms with E-state index in [1.54, 1.807) is 12.1 Å². The third-order valence-corrected chi connectivity index (χ3v) is 4.20. The van der Waals surface area contributed by atoms with Crippen LogP contribution in [-0.4, -0.2) is 14.3 Å². The predicted molar refractivity (Wildman–Crippen MR) is 71.7 cm³/mol. The summed E-state index contributed by atoms with van der Waals surface area (Å²) in [7, 11) is 0. The summed E-state index contributed by atoms with van der Waals surface area (Å²) in [6.07, 6.45) is 0. The highest BCUT2D eigenvalue weighted by Gasteiger charge is 2.14. The van der Waals surface area contributed by atoms with Gasteiger partial charge in [0.25, 0.3) is 5.69 Å². The maximum atomic E-state index is 10.8. The Labute approximate surface area is 112 Å². The number of benzene rings is 1. The highest BCUT2D eigenvalue weighted by molar-refractivity contribution is 8.00. The summed E-state index contributed by atoms with van der Waals surface area (Å²) in [6, 6.07) is 4.82. The molecule has 2 aromatic rings. The minimum Gasteiger partial charge on any atom is -0.393 e. The molecule has 8 heteroatoms. The Hall–Kier alpha value is -1.67. The minimum atomic E-state index is -0.474. The van der Waals surface area contributed by atoms with E-state index in [4.69, 9.17) is 5.73 Å². The van der Waals surface area contributed by atoms with Crippen LogP contribution in [0.3, 0.4) is 0 Å². The molecule has 2 rings (SSSR count). The minimum absolute atomic E-state index is 0.0541. The number of aromatic nitrogens is 2. The van der Waals surface area contributed by atoms with Crippen LogP contribution in [0.15, 0.2) is 22.5 Å². The van der Waals surface area contributed by atoms with Gasteiger partial charge >= 0.3 is 0 Å². The second kappa shape index (κ2) is 5.32. The summed E-state index contributed by atoms with van der Waals surface area (Å²) in [5, 5.41) is 10.8. The summed E-state index contributed by atoms with van der Waals surface area (Å²) in [4.78, 5) is 14.5. The van der Waals surface area contributed by atoms with E-state index in [1.807, 2.05) is 6.92 Å². The maximum absolute atomic E-state index is 10.8. The summed E-state index contributed by atoms with van der Waals surface area (Å²) in [6.45, 7) is 1.82. The van der Waals surface area contributed by atoms with Crippen molar-refractivity contribution in [2.45, 2.75) is 17.0 Å². The van der Waals surface area contributed by atoms with Crippen LogP contribution >= 0.6 is 23.3 Å². The van der Waals surface area contributed by atoms with Crippen molar-refractivity contribution in [2.24, 2.45) is 0 Å². The van der Waals surface area contributed by atoms with Crippen molar-refractivity contribution in [1.29, 1.82) is 0 Å². The molecule has 94 valence electrons. The normalized spacial score (nSPS) is 10.5. The summed E-state index contributed by atoms with van der Waals surface area (Å²) >= 11 is 2.78. The predicted octanol–water partition coefficient (Wildman–Crippen LogP) is 2.63. The third kappa shape index (κ3) is 2.77. The fourth-order valence-corrected chi connectivity index (χ4v) is 3.01. The number of hydrogen-bond acceptors (Lipinski definition) is 7. The number of aryl methyl sites for hydroxylation is 1. The number of anilines is 1. The molecule has 2 N–H and O–H groups in total. The highest BCUT2D eigenvalue weighted by Crippen LogP contribution is 2.31. The van der Waals surface area contributed by atoms with Gasteiger partial charge in [-0.3, -0.25) is 10.1 Å². The van der Waals surface area contributed by atoms with Crippen LogP contribution in [0.5, 0.6) is 0 Å². The van der Waals surface area contributed by atoms with Crippen molar-refractivity contribution in [3.8, 4) is 0 Å². The van der Waals surface area contributed by atoms with Gasteiger partial charge in [-0.2, -0.15) is 4.37 Å². The molecule has 0 spiro atoms. The first kappa shape index (κ1) is 12.8. The fourth-order valence-electron chi connectivity index (χ4n) is 1.36. The van der Waals surface area contributed by atoms with E-state index in [2.05, 4.69) is 9.36 Å². The Morgan fingerprint density at radius 2 is 2.33 bits per heavy atom. The standard InChI is InChI=1S/C10H10N4O2S2/c1-6-12-10(18-13-6)17-5-7-3-2-4-8(9(7)11)14(15)16/h2-4H,5,11H2,1H3. The zero-order chi connectivity index (χ0) is 13.1. The smallest absolute Gasteiger partial charge is 0.292 e. The fraction of sp³-hybridized carbons (Fsp3) is 0.200. The second-order valence-corrected chi connectivity index (χ2v) is 5.48.